The van der Waals surface area contributed by atoms with E-state index in [0.717, 1.165) is 0 Å². The minimum absolute atomic E-state index is 0.0936. The van der Waals surface area contributed by atoms with Gasteiger partial charge in [0.15, 0.2) is 0 Å². The van der Waals surface area contributed by atoms with Gasteiger partial charge in [-0.3, -0.25) is 9.59 Å². The summed E-state index contributed by atoms with van der Waals surface area (Å²) in [5.74, 6) is -0.259. The van der Waals surface area contributed by atoms with Crippen LogP contribution in [0.15, 0.2) is 46.0 Å². The van der Waals surface area contributed by atoms with Crippen molar-refractivity contribution in [2.45, 2.75) is 30.0 Å². The highest BCUT2D eigenvalue weighted by molar-refractivity contribution is 7.91. The van der Waals surface area contributed by atoms with Crippen molar-refractivity contribution in [2.24, 2.45) is 0 Å². The van der Waals surface area contributed by atoms with E-state index in [1.54, 1.807) is 46.7 Å². The molecule has 7 nitrogen and oxygen atoms in total. The molecule has 0 unspecified atom stereocenters. The molecule has 1 aliphatic heterocycles. The van der Waals surface area contributed by atoms with E-state index in [0.29, 0.717) is 41.4 Å². The Hall–Kier alpha value is -2.23. The minimum atomic E-state index is -3.49. The van der Waals surface area contributed by atoms with Gasteiger partial charge in [0.25, 0.3) is 5.91 Å². The minimum Gasteiger partial charge on any atom is -0.339 e. The van der Waals surface area contributed by atoms with Gasteiger partial charge in [0.05, 0.1) is 0 Å². The molecule has 0 saturated carbocycles. The Morgan fingerprint density at radius 1 is 1.11 bits per heavy atom. The van der Waals surface area contributed by atoms with Crippen molar-refractivity contribution in [3.05, 3.63) is 47.3 Å². The van der Waals surface area contributed by atoms with Crippen LogP contribution in [-0.2, 0) is 14.8 Å². The Balaban J connectivity index is 1.55. The first-order valence-corrected chi connectivity index (χ1v) is 10.9. The van der Waals surface area contributed by atoms with Crippen LogP contribution in [0.5, 0.6) is 0 Å². The van der Waals surface area contributed by atoms with E-state index in [1.807, 2.05) is 0 Å². The van der Waals surface area contributed by atoms with Gasteiger partial charge in [-0.2, -0.15) is 0 Å². The summed E-state index contributed by atoms with van der Waals surface area (Å²) in [6.07, 6.45) is 1.14. The second-order valence-corrected chi connectivity index (χ2v) is 9.27. The van der Waals surface area contributed by atoms with Crippen molar-refractivity contribution < 1.29 is 18.0 Å². The molecule has 1 fully saturated rings. The van der Waals surface area contributed by atoms with E-state index in [-0.39, 0.29) is 17.9 Å². The van der Waals surface area contributed by atoms with E-state index in [9.17, 15) is 18.0 Å². The van der Waals surface area contributed by atoms with E-state index in [2.05, 4.69) is 10.0 Å². The summed E-state index contributed by atoms with van der Waals surface area (Å²) >= 11 is 1.18. The van der Waals surface area contributed by atoms with Crippen molar-refractivity contribution in [2.75, 3.05) is 18.4 Å². The van der Waals surface area contributed by atoms with Crippen molar-refractivity contribution in [3.8, 4) is 0 Å². The number of likely N-dealkylation sites (tertiary alicyclic amines) is 1. The average Bonchev–Trinajstić information content (AvgIpc) is 3.17. The third-order valence-electron chi connectivity index (χ3n) is 4.32. The first kappa shape index (κ1) is 19.5. The highest BCUT2D eigenvalue weighted by atomic mass is 32.2. The smallest absolute Gasteiger partial charge is 0.253 e. The number of amides is 2. The second-order valence-electron chi connectivity index (χ2n) is 6.38. The van der Waals surface area contributed by atoms with Gasteiger partial charge in [0.2, 0.25) is 15.9 Å². The summed E-state index contributed by atoms with van der Waals surface area (Å²) < 4.78 is 27.6. The first-order chi connectivity index (χ1) is 12.8. The summed E-state index contributed by atoms with van der Waals surface area (Å²) in [5.41, 5.74) is 1.18. The number of thiophene rings is 1. The number of piperidine rings is 1. The number of hydrogen-bond acceptors (Lipinski definition) is 5. The number of nitrogens with one attached hydrogen (secondary N) is 2. The van der Waals surface area contributed by atoms with Crippen molar-refractivity contribution in [1.82, 2.24) is 9.62 Å². The van der Waals surface area contributed by atoms with Crippen molar-refractivity contribution >= 4 is 38.9 Å². The van der Waals surface area contributed by atoms with Gasteiger partial charge < -0.3 is 10.2 Å². The number of carbonyl (C=O) groups is 2. The predicted molar refractivity (Wildman–Crippen MR) is 104 cm³/mol. The number of benzene rings is 1. The second kappa shape index (κ2) is 8.20. The van der Waals surface area contributed by atoms with E-state index in [4.69, 9.17) is 0 Å². The van der Waals surface area contributed by atoms with Gasteiger partial charge in [0, 0.05) is 37.3 Å². The SMILES string of the molecule is CC(=O)Nc1ccc(C(=O)N2CCC(NS(=O)(=O)c3cccs3)CC2)cc1. The topological polar surface area (TPSA) is 95.6 Å². The van der Waals surface area contributed by atoms with Crippen LogP contribution in [0, 0.1) is 0 Å². The maximum atomic E-state index is 12.6. The summed E-state index contributed by atoms with van der Waals surface area (Å²) in [4.78, 5) is 25.4. The van der Waals surface area contributed by atoms with Crippen LogP contribution in [0.25, 0.3) is 0 Å². The molecular formula is C18H21N3O4S2. The maximum absolute atomic E-state index is 12.6. The third kappa shape index (κ3) is 4.94. The van der Waals surface area contributed by atoms with E-state index in [1.165, 1.54) is 18.3 Å². The number of rotatable bonds is 5. The first-order valence-electron chi connectivity index (χ1n) is 8.58. The molecule has 2 amide bonds. The van der Waals surface area contributed by atoms with Crippen molar-refractivity contribution in [1.29, 1.82) is 0 Å². The Morgan fingerprint density at radius 2 is 1.78 bits per heavy atom. The number of carbonyl (C=O) groups excluding carboxylic acids is 2. The molecule has 3 rings (SSSR count). The van der Waals surface area contributed by atoms with Gasteiger partial charge >= 0.3 is 0 Å². The highest BCUT2D eigenvalue weighted by Gasteiger charge is 2.27. The third-order valence-corrected chi connectivity index (χ3v) is 7.23. The maximum Gasteiger partial charge on any atom is 0.253 e. The molecule has 0 radical (unpaired) electrons. The molecule has 0 aliphatic carbocycles. The van der Waals surface area contributed by atoms with Gasteiger partial charge in [-0.25, -0.2) is 13.1 Å². The van der Waals surface area contributed by atoms with Crippen molar-refractivity contribution in [3.63, 3.8) is 0 Å². The standard InChI is InChI=1S/C18H21N3O4S2/c1-13(22)19-15-6-4-14(5-7-15)18(23)21-10-8-16(9-11-21)20-27(24,25)17-3-2-12-26-17/h2-7,12,16,20H,8-11H2,1H3,(H,19,22). The van der Waals surface area contributed by atoms with Crippen LogP contribution in [-0.4, -0.2) is 44.3 Å². The van der Waals surface area contributed by atoms with Crippen LogP contribution in [0.1, 0.15) is 30.1 Å². The fraction of sp³-hybridized carbons (Fsp3) is 0.333. The molecule has 0 atom stereocenters. The average molecular weight is 408 g/mol. The van der Waals surface area contributed by atoms with Crippen LogP contribution < -0.4 is 10.0 Å². The zero-order valence-corrected chi connectivity index (χ0v) is 16.5. The van der Waals surface area contributed by atoms with Crippen LogP contribution in [0.4, 0.5) is 5.69 Å². The molecule has 1 saturated heterocycles. The normalized spacial score (nSPS) is 15.5. The molecule has 2 heterocycles. The fourth-order valence-corrected chi connectivity index (χ4v) is 5.29. The summed E-state index contributed by atoms with van der Waals surface area (Å²) in [6, 6.07) is 9.85. The molecule has 1 aromatic carbocycles. The lowest BCUT2D eigenvalue weighted by molar-refractivity contribution is -0.114. The quantitative estimate of drug-likeness (QED) is 0.795. The molecule has 1 aliphatic rings. The lowest BCUT2D eigenvalue weighted by Crippen LogP contribution is -2.46. The largest absolute Gasteiger partial charge is 0.339 e. The summed E-state index contributed by atoms with van der Waals surface area (Å²) in [7, 11) is -3.49. The molecule has 2 N–H and O–H groups in total. The summed E-state index contributed by atoms with van der Waals surface area (Å²) in [6.45, 7) is 2.41. The molecule has 27 heavy (non-hydrogen) atoms. The molecule has 0 spiro atoms. The number of anilines is 1. The lowest BCUT2D eigenvalue weighted by Gasteiger charge is -2.32. The Labute approximate surface area is 162 Å². The lowest BCUT2D eigenvalue weighted by atomic mass is 10.0. The Bertz CT molecular complexity index is 901. The molecule has 9 heteroatoms. The fourth-order valence-electron chi connectivity index (χ4n) is 2.98. The van der Waals surface area contributed by atoms with Gasteiger partial charge in [-0.1, -0.05) is 6.07 Å². The number of nitrogens with zero attached hydrogens (tertiary/aromatic N) is 1. The molecule has 2 aromatic rings. The number of sulfonamides is 1. The van der Waals surface area contributed by atoms with E-state index >= 15 is 0 Å². The Morgan fingerprint density at radius 3 is 2.33 bits per heavy atom. The Kier molecular flexibility index (Phi) is 5.93. The zero-order valence-electron chi connectivity index (χ0n) is 14.8. The van der Waals surface area contributed by atoms with Gasteiger partial charge in [0.1, 0.15) is 4.21 Å². The highest BCUT2D eigenvalue weighted by Crippen LogP contribution is 2.20. The predicted octanol–water partition coefficient (Wildman–Crippen LogP) is 2.29. The van der Waals surface area contributed by atoms with Gasteiger partial charge in [-0.15, -0.1) is 11.3 Å². The monoisotopic (exact) mass is 407 g/mol. The zero-order chi connectivity index (χ0) is 19.4. The number of hydrogen-bond donors (Lipinski definition) is 2. The van der Waals surface area contributed by atoms with Crippen LogP contribution in [0.3, 0.4) is 0 Å². The molecule has 0 bridgehead atoms. The molecule has 144 valence electrons. The van der Waals surface area contributed by atoms with Crippen LogP contribution >= 0.6 is 11.3 Å². The molecular weight excluding hydrogens is 386 g/mol. The van der Waals surface area contributed by atoms with E-state index < -0.39 is 10.0 Å². The summed E-state index contributed by atoms with van der Waals surface area (Å²) in [5, 5.41) is 4.39. The van der Waals surface area contributed by atoms with Gasteiger partial charge in [-0.05, 0) is 48.6 Å². The van der Waals surface area contributed by atoms with Crippen LogP contribution in [0.2, 0.25) is 0 Å². The molecule has 1 aromatic heterocycles.